The van der Waals surface area contributed by atoms with Gasteiger partial charge in [0.25, 0.3) is 0 Å². The standard InChI is InChI=1S/C26H25BrN4O2S/c1-17-13-20(27)14-18(2)25(17)28-24(32)16-34-26-30-29-23(15-19-7-5-4-6-8-19)31(26)21-9-11-22(33-3)12-10-21/h4-14H,15-16H2,1-3H3,(H,28,32). The second-order valence-electron chi connectivity index (χ2n) is 7.85. The van der Waals surface area contributed by atoms with Crippen LogP contribution in [0.1, 0.15) is 22.5 Å². The quantitative estimate of drug-likeness (QED) is 0.280. The number of nitrogens with zero attached hydrogens (tertiary/aromatic N) is 3. The fourth-order valence-electron chi connectivity index (χ4n) is 3.69. The maximum atomic E-state index is 12.8. The van der Waals surface area contributed by atoms with Gasteiger partial charge in [0.2, 0.25) is 5.91 Å². The van der Waals surface area contributed by atoms with Gasteiger partial charge in [-0.2, -0.15) is 0 Å². The first-order valence-electron chi connectivity index (χ1n) is 10.8. The van der Waals surface area contributed by atoms with Crippen LogP contribution >= 0.6 is 27.7 Å². The zero-order valence-electron chi connectivity index (χ0n) is 19.2. The summed E-state index contributed by atoms with van der Waals surface area (Å²) in [6, 6.07) is 21.9. The van der Waals surface area contributed by atoms with Gasteiger partial charge in [-0.05, 0) is 66.9 Å². The minimum atomic E-state index is -0.0904. The Hall–Kier alpha value is -3.10. The van der Waals surface area contributed by atoms with Crippen molar-refractivity contribution in [1.29, 1.82) is 0 Å². The number of methoxy groups -OCH3 is 1. The van der Waals surface area contributed by atoms with Crippen molar-refractivity contribution in [3.63, 3.8) is 0 Å². The molecule has 1 aromatic heterocycles. The van der Waals surface area contributed by atoms with E-state index in [1.807, 2.05) is 73.0 Å². The zero-order chi connectivity index (χ0) is 24.1. The minimum Gasteiger partial charge on any atom is -0.497 e. The van der Waals surface area contributed by atoms with Crippen LogP contribution in [0.2, 0.25) is 0 Å². The van der Waals surface area contributed by atoms with Crippen LogP contribution in [0.5, 0.6) is 5.75 Å². The van der Waals surface area contributed by atoms with Crippen molar-refractivity contribution in [2.45, 2.75) is 25.4 Å². The summed E-state index contributed by atoms with van der Waals surface area (Å²) < 4.78 is 8.30. The summed E-state index contributed by atoms with van der Waals surface area (Å²) >= 11 is 4.86. The third-order valence-electron chi connectivity index (χ3n) is 5.33. The van der Waals surface area contributed by atoms with Gasteiger partial charge in [0.1, 0.15) is 11.6 Å². The number of ether oxygens (including phenoxy) is 1. The number of nitrogens with one attached hydrogen (secondary N) is 1. The Kier molecular flexibility index (Phi) is 7.70. The number of aromatic nitrogens is 3. The van der Waals surface area contributed by atoms with Crippen LogP contribution in [-0.2, 0) is 11.2 Å². The van der Waals surface area contributed by atoms with Crippen LogP contribution in [0.15, 0.2) is 76.4 Å². The Labute approximate surface area is 211 Å². The van der Waals surface area contributed by atoms with Gasteiger partial charge in [-0.15, -0.1) is 10.2 Å². The van der Waals surface area contributed by atoms with E-state index in [-0.39, 0.29) is 11.7 Å². The molecule has 1 amide bonds. The molecule has 0 fully saturated rings. The maximum absolute atomic E-state index is 12.8. The topological polar surface area (TPSA) is 69.0 Å². The highest BCUT2D eigenvalue weighted by atomic mass is 79.9. The molecule has 4 aromatic rings. The molecular formula is C26H25BrN4O2S. The van der Waals surface area contributed by atoms with E-state index < -0.39 is 0 Å². The van der Waals surface area contributed by atoms with Crippen LogP contribution in [0.4, 0.5) is 5.69 Å². The third-order valence-corrected chi connectivity index (χ3v) is 6.72. The lowest BCUT2D eigenvalue weighted by Gasteiger charge is -2.13. The number of hydrogen-bond donors (Lipinski definition) is 1. The number of halogens is 1. The number of thioether (sulfide) groups is 1. The molecule has 0 bridgehead atoms. The molecule has 0 aliphatic rings. The summed E-state index contributed by atoms with van der Waals surface area (Å²) in [6.45, 7) is 3.97. The fraction of sp³-hybridized carbons (Fsp3) is 0.192. The van der Waals surface area contributed by atoms with E-state index in [1.165, 1.54) is 11.8 Å². The number of aryl methyl sites for hydroxylation is 2. The second-order valence-corrected chi connectivity index (χ2v) is 9.70. The van der Waals surface area contributed by atoms with Crippen molar-refractivity contribution >= 4 is 39.3 Å². The first kappa shape index (κ1) is 24.0. The minimum absolute atomic E-state index is 0.0904. The number of amides is 1. The molecule has 34 heavy (non-hydrogen) atoms. The zero-order valence-corrected chi connectivity index (χ0v) is 21.6. The number of benzene rings is 3. The molecule has 0 aliphatic heterocycles. The molecule has 0 radical (unpaired) electrons. The van der Waals surface area contributed by atoms with Gasteiger partial charge in [-0.25, -0.2) is 0 Å². The third kappa shape index (κ3) is 5.69. The van der Waals surface area contributed by atoms with Gasteiger partial charge in [0.15, 0.2) is 5.16 Å². The highest BCUT2D eigenvalue weighted by Crippen LogP contribution is 2.27. The predicted molar refractivity (Wildman–Crippen MR) is 140 cm³/mol. The molecule has 4 rings (SSSR count). The van der Waals surface area contributed by atoms with E-state index in [0.717, 1.165) is 44.1 Å². The summed E-state index contributed by atoms with van der Waals surface area (Å²) in [7, 11) is 1.64. The van der Waals surface area contributed by atoms with Gasteiger partial charge in [-0.1, -0.05) is 58.0 Å². The number of carbonyl (C=O) groups is 1. The molecule has 174 valence electrons. The Bertz CT molecular complexity index is 1270. The SMILES string of the molecule is COc1ccc(-n2c(Cc3ccccc3)nnc2SCC(=O)Nc2c(C)cc(Br)cc2C)cc1. The normalized spacial score (nSPS) is 10.8. The van der Waals surface area contributed by atoms with E-state index in [4.69, 9.17) is 4.74 Å². The predicted octanol–water partition coefficient (Wildman–Crippen LogP) is 5.98. The summed E-state index contributed by atoms with van der Waals surface area (Å²) in [4.78, 5) is 12.8. The first-order chi connectivity index (χ1) is 16.4. The lowest BCUT2D eigenvalue weighted by Crippen LogP contribution is -2.16. The average Bonchev–Trinajstić information content (AvgIpc) is 3.23. The van der Waals surface area contributed by atoms with Gasteiger partial charge in [0.05, 0.1) is 12.9 Å². The largest absolute Gasteiger partial charge is 0.497 e. The summed E-state index contributed by atoms with van der Waals surface area (Å²) in [6.07, 6.45) is 0.629. The molecule has 8 heteroatoms. The van der Waals surface area contributed by atoms with E-state index >= 15 is 0 Å². The number of carbonyl (C=O) groups excluding carboxylic acids is 1. The molecule has 0 saturated heterocycles. The van der Waals surface area contributed by atoms with E-state index in [9.17, 15) is 4.79 Å². The number of rotatable bonds is 8. The van der Waals surface area contributed by atoms with Gasteiger partial charge >= 0.3 is 0 Å². The van der Waals surface area contributed by atoms with Crippen LogP contribution in [-0.4, -0.2) is 33.5 Å². The van der Waals surface area contributed by atoms with Crippen LogP contribution < -0.4 is 10.1 Å². The Morgan fingerprint density at radius 2 is 1.71 bits per heavy atom. The van der Waals surface area contributed by atoms with Gasteiger partial charge in [0, 0.05) is 22.3 Å². The molecule has 0 atom stereocenters. The highest BCUT2D eigenvalue weighted by Gasteiger charge is 2.17. The first-order valence-corrected chi connectivity index (χ1v) is 12.5. The summed E-state index contributed by atoms with van der Waals surface area (Å²) in [5.41, 5.74) is 4.92. The molecular weight excluding hydrogens is 512 g/mol. The van der Waals surface area contributed by atoms with Crippen LogP contribution in [0, 0.1) is 13.8 Å². The molecule has 1 heterocycles. The molecule has 0 aliphatic carbocycles. The lowest BCUT2D eigenvalue weighted by atomic mass is 10.1. The molecule has 0 saturated carbocycles. The number of hydrogen-bond acceptors (Lipinski definition) is 5. The van der Waals surface area contributed by atoms with Crippen molar-refractivity contribution in [3.8, 4) is 11.4 Å². The molecule has 0 spiro atoms. The molecule has 6 nitrogen and oxygen atoms in total. The molecule has 3 aromatic carbocycles. The molecule has 1 N–H and O–H groups in total. The Morgan fingerprint density at radius 1 is 1.03 bits per heavy atom. The maximum Gasteiger partial charge on any atom is 0.234 e. The van der Waals surface area contributed by atoms with E-state index in [2.05, 4.69) is 43.6 Å². The van der Waals surface area contributed by atoms with Gasteiger partial charge in [-0.3, -0.25) is 9.36 Å². The summed E-state index contributed by atoms with van der Waals surface area (Å²) in [5.74, 6) is 1.70. The molecule has 0 unspecified atom stereocenters. The van der Waals surface area contributed by atoms with Crippen molar-refractivity contribution < 1.29 is 9.53 Å². The average molecular weight is 537 g/mol. The second kappa shape index (κ2) is 10.9. The van der Waals surface area contributed by atoms with Crippen molar-refractivity contribution in [1.82, 2.24) is 14.8 Å². The lowest BCUT2D eigenvalue weighted by molar-refractivity contribution is -0.113. The van der Waals surface area contributed by atoms with Crippen molar-refractivity contribution in [2.24, 2.45) is 0 Å². The van der Waals surface area contributed by atoms with Crippen LogP contribution in [0.3, 0.4) is 0 Å². The van der Waals surface area contributed by atoms with Crippen molar-refractivity contribution in [3.05, 3.63) is 93.7 Å². The van der Waals surface area contributed by atoms with E-state index in [1.54, 1.807) is 7.11 Å². The van der Waals surface area contributed by atoms with Crippen LogP contribution in [0.25, 0.3) is 5.69 Å². The monoisotopic (exact) mass is 536 g/mol. The Morgan fingerprint density at radius 3 is 2.35 bits per heavy atom. The summed E-state index contributed by atoms with van der Waals surface area (Å²) in [5, 5.41) is 12.6. The highest BCUT2D eigenvalue weighted by molar-refractivity contribution is 9.10. The fourth-order valence-corrected chi connectivity index (χ4v) is 5.15. The van der Waals surface area contributed by atoms with E-state index in [0.29, 0.717) is 11.6 Å². The Balaban J connectivity index is 1.56. The van der Waals surface area contributed by atoms with Gasteiger partial charge < -0.3 is 10.1 Å². The van der Waals surface area contributed by atoms with Crippen molar-refractivity contribution in [2.75, 3.05) is 18.2 Å². The number of anilines is 1. The smallest absolute Gasteiger partial charge is 0.234 e.